The van der Waals surface area contributed by atoms with Crippen molar-refractivity contribution in [2.24, 2.45) is 5.84 Å². The predicted octanol–water partition coefficient (Wildman–Crippen LogP) is 0.739. The van der Waals surface area contributed by atoms with Crippen LogP contribution < -0.4 is 11.3 Å². The molecule has 0 saturated carbocycles. The third kappa shape index (κ3) is 1.85. The second-order valence-electron chi connectivity index (χ2n) is 2.61. The van der Waals surface area contributed by atoms with Gasteiger partial charge in [-0.2, -0.15) is 0 Å². The molecule has 1 unspecified atom stereocenters. The van der Waals surface area contributed by atoms with Crippen LogP contribution in [0.25, 0.3) is 0 Å². The molecule has 12 heavy (non-hydrogen) atoms. The second kappa shape index (κ2) is 4.25. The van der Waals surface area contributed by atoms with Gasteiger partial charge in [-0.15, -0.1) is 0 Å². The standard InChI is InChI=1S/C8H14N2O2/c1-6-7(3-4-12-6)8(10-9)5-11-2/h3-4,8,10H,5,9H2,1-2H3. The molecule has 0 aliphatic heterocycles. The summed E-state index contributed by atoms with van der Waals surface area (Å²) >= 11 is 0. The van der Waals surface area contributed by atoms with E-state index in [-0.39, 0.29) is 6.04 Å². The van der Waals surface area contributed by atoms with Crippen LogP contribution in [0.15, 0.2) is 16.7 Å². The molecule has 0 bridgehead atoms. The average Bonchev–Trinajstić information content (AvgIpc) is 2.47. The van der Waals surface area contributed by atoms with Crippen molar-refractivity contribution in [3.8, 4) is 0 Å². The minimum Gasteiger partial charge on any atom is -0.469 e. The normalized spacial score (nSPS) is 13.2. The summed E-state index contributed by atoms with van der Waals surface area (Å²) < 4.78 is 10.1. The predicted molar refractivity (Wildman–Crippen MR) is 45.4 cm³/mol. The van der Waals surface area contributed by atoms with E-state index in [1.54, 1.807) is 13.4 Å². The number of nitrogens with one attached hydrogen (secondary N) is 1. The van der Waals surface area contributed by atoms with E-state index in [0.29, 0.717) is 6.61 Å². The summed E-state index contributed by atoms with van der Waals surface area (Å²) in [6, 6.07) is 1.90. The van der Waals surface area contributed by atoms with Gasteiger partial charge < -0.3 is 9.15 Å². The number of rotatable bonds is 4. The van der Waals surface area contributed by atoms with Crippen LogP contribution in [0, 0.1) is 6.92 Å². The minimum atomic E-state index is 0.00810. The van der Waals surface area contributed by atoms with Gasteiger partial charge in [0.2, 0.25) is 0 Å². The fourth-order valence-electron chi connectivity index (χ4n) is 1.15. The SMILES string of the molecule is COCC(NN)c1ccoc1C. The average molecular weight is 170 g/mol. The molecule has 0 amide bonds. The van der Waals surface area contributed by atoms with Crippen molar-refractivity contribution < 1.29 is 9.15 Å². The first-order valence-electron chi connectivity index (χ1n) is 3.78. The van der Waals surface area contributed by atoms with Gasteiger partial charge in [0, 0.05) is 12.7 Å². The molecule has 0 aliphatic carbocycles. The maximum atomic E-state index is 5.35. The van der Waals surface area contributed by atoms with Crippen LogP contribution in [0.3, 0.4) is 0 Å². The molecule has 0 aliphatic rings. The maximum Gasteiger partial charge on any atom is 0.105 e. The summed E-state index contributed by atoms with van der Waals surface area (Å²) in [4.78, 5) is 0. The van der Waals surface area contributed by atoms with Crippen LogP contribution in [-0.4, -0.2) is 13.7 Å². The summed E-state index contributed by atoms with van der Waals surface area (Å²) in [5.74, 6) is 6.22. The molecule has 1 atom stereocenters. The Morgan fingerprint density at radius 1 is 1.75 bits per heavy atom. The second-order valence-corrected chi connectivity index (χ2v) is 2.61. The molecular formula is C8H14N2O2. The Kier molecular flexibility index (Phi) is 3.28. The maximum absolute atomic E-state index is 5.35. The Balaban J connectivity index is 2.72. The quantitative estimate of drug-likeness (QED) is 0.517. The monoisotopic (exact) mass is 170 g/mol. The van der Waals surface area contributed by atoms with E-state index in [1.807, 2.05) is 13.0 Å². The summed E-state index contributed by atoms with van der Waals surface area (Å²) in [5.41, 5.74) is 3.70. The first-order chi connectivity index (χ1) is 5.79. The number of ether oxygens (including phenoxy) is 1. The molecule has 1 rings (SSSR count). The summed E-state index contributed by atoms with van der Waals surface area (Å²) in [6.07, 6.45) is 1.64. The first kappa shape index (κ1) is 9.25. The van der Waals surface area contributed by atoms with Crippen LogP contribution in [0.2, 0.25) is 0 Å². The zero-order valence-corrected chi connectivity index (χ0v) is 7.33. The largest absolute Gasteiger partial charge is 0.469 e. The molecule has 1 heterocycles. The van der Waals surface area contributed by atoms with E-state index in [4.69, 9.17) is 15.0 Å². The fourth-order valence-corrected chi connectivity index (χ4v) is 1.15. The topological polar surface area (TPSA) is 60.4 Å². The van der Waals surface area contributed by atoms with Crippen molar-refractivity contribution in [2.75, 3.05) is 13.7 Å². The molecule has 0 fully saturated rings. The lowest BCUT2D eigenvalue weighted by Crippen LogP contribution is -2.31. The molecule has 4 heteroatoms. The van der Waals surface area contributed by atoms with Gasteiger partial charge in [-0.3, -0.25) is 11.3 Å². The Morgan fingerprint density at radius 2 is 2.50 bits per heavy atom. The third-order valence-electron chi connectivity index (χ3n) is 1.81. The molecule has 0 saturated heterocycles. The highest BCUT2D eigenvalue weighted by atomic mass is 16.5. The number of hydrogen-bond acceptors (Lipinski definition) is 4. The van der Waals surface area contributed by atoms with Crippen LogP contribution in [0.4, 0.5) is 0 Å². The highest BCUT2D eigenvalue weighted by Gasteiger charge is 2.13. The number of aryl methyl sites for hydroxylation is 1. The Labute approximate surface area is 71.7 Å². The number of nitrogens with two attached hydrogens (primary N) is 1. The van der Waals surface area contributed by atoms with Gasteiger partial charge in [0.25, 0.3) is 0 Å². The summed E-state index contributed by atoms with van der Waals surface area (Å²) in [5, 5.41) is 0. The van der Waals surface area contributed by atoms with Crippen LogP contribution in [0.5, 0.6) is 0 Å². The lowest BCUT2D eigenvalue weighted by Gasteiger charge is -2.13. The van der Waals surface area contributed by atoms with Crippen molar-refractivity contribution in [3.05, 3.63) is 23.7 Å². The van der Waals surface area contributed by atoms with Gasteiger partial charge in [0.05, 0.1) is 18.9 Å². The lowest BCUT2D eigenvalue weighted by atomic mass is 10.1. The molecule has 1 aromatic heterocycles. The first-order valence-corrected chi connectivity index (χ1v) is 3.78. The molecular weight excluding hydrogens is 156 g/mol. The van der Waals surface area contributed by atoms with E-state index in [2.05, 4.69) is 5.43 Å². The zero-order chi connectivity index (χ0) is 8.97. The van der Waals surface area contributed by atoms with E-state index >= 15 is 0 Å². The van der Waals surface area contributed by atoms with Crippen LogP contribution in [0.1, 0.15) is 17.4 Å². The number of hydrazine groups is 1. The van der Waals surface area contributed by atoms with E-state index in [1.165, 1.54) is 0 Å². The van der Waals surface area contributed by atoms with E-state index < -0.39 is 0 Å². The molecule has 3 N–H and O–H groups in total. The van der Waals surface area contributed by atoms with Crippen molar-refractivity contribution >= 4 is 0 Å². The molecule has 4 nitrogen and oxygen atoms in total. The summed E-state index contributed by atoms with van der Waals surface area (Å²) in [6.45, 7) is 2.44. The van der Waals surface area contributed by atoms with Gasteiger partial charge in [-0.1, -0.05) is 0 Å². The minimum absolute atomic E-state index is 0.00810. The molecule has 1 aromatic rings. The van der Waals surface area contributed by atoms with Crippen molar-refractivity contribution in [1.82, 2.24) is 5.43 Å². The highest BCUT2D eigenvalue weighted by Crippen LogP contribution is 2.17. The van der Waals surface area contributed by atoms with Gasteiger partial charge >= 0.3 is 0 Å². The van der Waals surface area contributed by atoms with E-state index in [0.717, 1.165) is 11.3 Å². The van der Waals surface area contributed by atoms with Crippen molar-refractivity contribution in [2.45, 2.75) is 13.0 Å². The number of hydrogen-bond donors (Lipinski definition) is 2. The molecule has 0 aromatic carbocycles. The lowest BCUT2D eigenvalue weighted by molar-refractivity contribution is 0.166. The number of furan rings is 1. The van der Waals surface area contributed by atoms with Crippen LogP contribution >= 0.6 is 0 Å². The van der Waals surface area contributed by atoms with Gasteiger partial charge in [0.1, 0.15) is 5.76 Å². The van der Waals surface area contributed by atoms with E-state index in [9.17, 15) is 0 Å². The van der Waals surface area contributed by atoms with Gasteiger partial charge in [-0.25, -0.2) is 0 Å². The highest BCUT2D eigenvalue weighted by molar-refractivity contribution is 5.19. The summed E-state index contributed by atoms with van der Waals surface area (Å²) in [7, 11) is 1.64. The smallest absolute Gasteiger partial charge is 0.105 e. The third-order valence-corrected chi connectivity index (χ3v) is 1.81. The fraction of sp³-hybridized carbons (Fsp3) is 0.500. The zero-order valence-electron chi connectivity index (χ0n) is 7.33. The Hall–Kier alpha value is -0.840. The Morgan fingerprint density at radius 3 is 2.92 bits per heavy atom. The molecule has 0 radical (unpaired) electrons. The molecule has 68 valence electrons. The van der Waals surface area contributed by atoms with Gasteiger partial charge in [-0.05, 0) is 13.0 Å². The number of methoxy groups -OCH3 is 1. The van der Waals surface area contributed by atoms with Crippen LogP contribution in [-0.2, 0) is 4.74 Å². The molecule has 0 spiro atoms. The van der Waals surface area contributed by atoms with Crippen molar-refractivity contribution in [1.29, 1.82) is 0 Å². The Bertz CT molecular complexity index is 235. The van der Waals surface area contributed by atoms with Crippen molar-refractivity contribution in [3.63, 3.8) is 0 Å². The van der Waals surface area contributed by atoms with Gasteiger partial charge in [0.15, 0.2) is 0 Å².